The molecule has 2 saturated heterocycles. The third kappa shape index (κ3) is 3.67. The normalized spacial score (nSPS) is 25.2. The van der Waals surface area contributed by atoms with Crippen LogP contribution in [-0.2, 0) is 16.1 Å². The van der Waals surface area contributed by atoms with Crippen LogP contribution in [0.25, 0.3) is 0 Å². The van der Waals surface area contributed by atoms with Crippen molar-refractivity contribution in [1.82, 2.24) is 19.6 Å². The number of nitrogens with zero attached hydrogens (tertiary/aromatic N) is 4. The molecule has 1 aromatic rings. The zero-order chi connectivity index (χ0) is 17.1. The number of amides is 1. The second kappa shape index (κ2) is 7.44. The second-order valence-corrected chi connectivity index (χ2v) is 6.65. The first-order chi connectivity index (χ1) is 11.6. The van der Waals surface area contributed by atoms with Crippen LogP contribution in [0.5, 0.6) is 0 Å². The molecule has 2 aliphatic heterocycles. The van der Waals surface area contributed by atoms with Gasteiger partial charge in [-0.05, 0) is 18.9 Å². The smallest absolute Gasteiger partial charge is 0.267 e. The molecule has 0 aromatic carbocycles. The topological polar surface area (TPSA) is 67.7 Å². The highest BCUT2D eigenvalue weighted by Gasteiger charge is 2.38. The van der Waals surface area contributed by atoms with E-state index in [1.807, 2.05) is 11.8 Å². The van der Waals surface area contributed by atoms with Gasteiger partial charge >= 0.3 is 0 Å². The highest BCUT2D eigenvalue weighted by atomic mass is 16.5. The summed E-state index contributed by atoms with van der Waals surface area (Å²) in [7, 11) is 0. The molecule has 0 unspecified atom stereocenters. The summed E-state index contributed by atoms with van der Waals surface area (Å²) in [5.41, 5.74) is 0.506. The van der Waals surface area contributed by atoms with Crippen LogP contribution in [0.4, 0.5) is 0 Å². The Morgan fingerprint density at radius 3 is 2.75 bits per heavy atom. The van der Waals surface area contributed by atoms with Gasteiger partial charge < -0.3 is 9.64 Å². The molecule has 1 amide bonds. The molecule has 0 N–H and O–H groups in total. The van der Waals surface area contributed by atoms with E-state index in [9.17, 15) is 9.59 Å². The third-order valence-electron chi connectivity index (χ3n) is 5.08. The van der Waals surface area contributed by atoms with Gasteiger partial charge in [-0.1, -0.05) is 13.3 Å². The molecule has 2 atom stereocenters. The maximum absolute atomic E-state index is 12.7. The number of likely N-dealkylation sites (tertiary alicyclic amines) is 1. The van der Waals surface area contributed by atoms with E-state index in [-0.39, 0.29) is 18.0 Å². The van der Waals surface area contributed by atoms with Crippen LogP contribution >= 0.6 is 0 Å². The third-order valence-corrected chi connectivity index (χ3v) is 5.08. The van der Waals surface area contributed by atoms with Crippen molar-refractivity contribution >= 4 is 5.91 Å². The summed E-state index contributed by atoms with van der Waals surface area (Å²) in [5, 5.41) is 4.16. The lowest BCUT2D eigenvalue weighted by atomic mass is 9.99. The van der Waals surface area contributed by atoms with Crippen LogP contribution in [0.1, 0.15) is 19.0 Å². The fraction of sp³-hybridized carbons (Fsp3) is 0.706. The number of hydrogen-bond donors (Lipinski definition) is 0. The minimum Gasteiger partial charge on any atom is -0.379 e. The molecule has 132 valence electrons. The Morgan fingerprint density at radius 2 is 2.04 bits per heavy atom. The first-order valence-corrected chi connectivity index (χ1v) is 8.73. The highest BCUT2D eigenvalue weighted by molar-refractivity contribution is 5.76. The summed E-state index contributed by atoms with van der Waals surface area (Å²) in [6, 6.07) is 3.52. The minimum absolute atomic E-state index is 0.0206. The van der Waals surface area contributed by atoms with E-state index in [1.165, 1.54) is 10.7 Å². The average molecular weight is 334 g/mol. The molecular formula is C17H26N4O3. The molecule has 2 aliphatic rings. The zero-order valence-corrected chi connectivity index (χ0v) is 14.5. The Labute approximate surface area is 142 Å². The molecule has 7 heteroatoms. The van der Waals surface area contributed by atoms with Crippen LogP contribution in [0, 0.1) is 12.8 Å². The van der Waals surface area contributed by atoms with Crippen LogP contribution in [0.3, 0.4) is 0 Å². The summed E-state index contributed by atoms with van der Waals surface area (Å²) >= 11 is 0. The Bertz CT molecular complexity index is 639. The lowest BCUT2D eigenvalue weighted by Crippen LogP contribution is -2.47. The fourth-order valence-electron chi connectivity index (χ4n) is 3.67. The minimum atomic E-state index is -0.232. The Kier molecular flexibility index (Phi) is 5.30. The van der Waals surface area contributed by atoms with E-state index in [0.29, 0.717) is 12.0 Å². The molecule has 0 aliphatic carbocycles. The number of carbonyl (C=O) groups is 1. The number of hydrogen-bond acceptors (Lipinski definition) is 5. The maximum Gasteiger partial charge on any atom is 0.267 e. The number of aryl methyl sites for hydroxylation is 1. The summed E-state index contributed by atoms with van der Waals surface area (Å²) in [6.07, 6.45) is 1.05. The molecule has 3 heterocycles. The largest absolute Gasteiger partial charge is 0.379 e. The van der Waals surface area contributed by atoms with E-state index in [0.717, 1.165) is 51.5 Å². The summed E-state index contributed by atoms with van der Waals surface area (Å²) in [5.74, 6) is 0.457. The molecule has 24 heavy (non-hydrogen) atoms. The van der Waals surface area contributed by atoms with Gasteiger partial charge in [-0.15, -0.1) is 0 Å². The van der Waals surface area contributed by atoms with Gasteiger partial charge in [-0.25, -0.2) is 4.68 Å². The van der Waals surface area contributed by atoms with Crippen LogP contribution in [-0.4, -0.2) is 70.9 Å². The molecule has 0 saturated carbocycles. The zero-order valence-electron chi connectivity index (χ0n) is 14.5. The average Bonchev–Trinajstić information content (AvgIpc) is 3.03. The number of morpholine rings is 1. The molecule has 0 radical (unpaired) electrons. The van der Waals surface area contributed by atoms with E-state index < -0.39 is 0 Å². The van der Waals surface area contributed by atoms with Gasteiger partial charge in [0.15, 0.2) is 0 Å². The SMILES string of the molecule is CC[C@H]1CN(C(=O)Cn2nc(C)ccc2=O)C[C@H]1N1CCOCC1. The number of aromatic nitrogens is 2. The van der Waals surface area contributed by atoms with Gasteiger partial charge in [-0.2, -0.15) is 5.10 Å². The van der Waals surface area contributed by atoms with Crippen molar-refractivity contribution in [2.75, 3.05) is 39.4 Å². The summed E-state index contributed by atoms with van der Waals surface area (Å²) in [4.78, 5) is 28.9. The molecule has 0 bridgehead atoms. The van der Waals surface area contributed by atoms with Crippen molar-refractivity contribution < 1.29 is 9.53 Å². The Hall–Kier alpha value is -1.73. The standard InChI is InChI=1S/C17H26N4O3/c1-3-14-10-20(11-15(14)19-6-8-24-9-7-19)17(23)12-21-16(22)5-4-13(2)18-21/h4-5,14-15H,3,6-12H2,1-2H3/t14-,15+/m0/s1. The van der Waals surface area contributed by atoms with Crippen LogP contribution in [0.2, 0.25) is 0 Å². The first kappa shape index (κ1) is 17.1. The van der Waals surface area contributed by atoms with Gasteiger partial charge in [0.25, 0.3) is 5.56 Å². The van der Waals surface area contributed by atoms with E-state index in [4.69, 9.17) is 4.74 Å². The Balaban J connectivity index is 1.67. The van der Waals surface area contributed by atoms with Crippen molar-refractivity contribution in [3.8, 4) is 0 Å². The first-order valence-electron chi connectivity index (χ1n) is 8.73. The molecule has 1 aromatic heterocycles. The maximum atomic E-state index is 12.7. The van der Waals surface area contributed by atoms with Gasteiger partial charge in [-0.3, -0.25) is 14.5 Å². The van der Waals surface area contributed by atoms with Gasteiger partial charge in [0.2, 0.25) is 5.91 Å². The summed E-state index contributed by atoms with van der Waals surface area (Å²) < 4.78 is 6.70. The molecule has 2 fully saturated rings. The van der Waals surface area contributed by atoms with Gasteiger partial charge in [0.1, 0.15) is 6.54 Å². The Morgan fingerprint density at radius 1 is 1.29 bits per heavy atom. The van der Waals surface area contributed by atoms with Crippen molar-refractivity contribution in [2.24, 2.45) is 5.92 Å². The van der Waals surface area contributed by atoms with E-state index in [1.54, 1.807) is 6.07 Å². The highest BCUT2D eigenvalue weighted by Crippen LogP contribution is 2.25. The van der Waals surface area contributed by atoms with Crippen molar-refractivity contribution in [1.29, 1.82) is 0 Å². The second-order valence-electron chi connectivity index (χ2n) is 6.65. The van der Waals surface area contributed by atoms with Crippen LogP contribution < -0.4 is 5.56 Å². The monoisotopic (exact) mass is 334 g/mol. The van der Waals surface area contributed by atoms with E-state index in [2.05, 4.69) is 16.9 Å². The van der Waals surface area contributed by atoms with Gasteiger partial charge in [0.05, 0.1) is 18.9 Å². The molecule has 0 spiro atoms. The fourth-order valence-corrected chi connectivity index (χ4v) is 3.67. The molecule has 7 nitrogen and oxygen atoms in total. The molecule has 3 rings (SSSR count). The predicted octanol–water partition coefficient (Wildman–Crippen LogP) is 0.121. The van der Waals surface area contributed by atoms with Crippen molar-refractivity contribution in [3.63, 3.8) is 0 Å². The summed E-state index contributed by atoms with van der Waals surface area (Å²) in [6.45, 7) is 8.91. The quantitative estimate of drug-likeness (QED) is 0.782. The lowest BCUT2D eigenvalue weighted by molar-refractivity contribution is -0.131. The number of carbonyl (C=O) groups excluding carboxylic acids is 1. The predicted molar refractivity (Wildman–Crippen MR) is 89.8 cm³/mol. The van der Waals surface area contributed by atoms with Gasteiger partial charge in [0, 0.05) is 38.3 Å². The number of rotatable bonds is 4. The van der Waals surface area contributed by atoms with Crippen LogP contribution in [0.15, 0.2) is 16.9 Å². The van der Waals surface area contributed by atoms with Crippen molar-refractivity contribution in [2.45, 2.75) is 32.9 Å². The van der Waals surface area contributed by atoms with Crippen molar-refractivity contribution in [3.05, 3.63) is 28.2 Å². The lowest BCUT2D eigenvalue weighted by Gasteiger charge is -2.34. The van der Waals surface area contributed by atoms with E-state index >= 15 is 0 Å². The number of ether oxygens (including phenoxy) is 1. The molecular weight excluding hydrogens is 308 g/mol.